The van der Waals surface area contributed by atoms with Crippen LogP contribution in [0.2, 0.25) is 0 Å². The summed E-state index contributed by atoms with van der Waals surface area (Å²) in [5.74, 6) is -0.588. The lowest BCUT2D eigenvalue weighted by Crippen LogP contribution is -2.17. The summed E-state index contributed by atoms with van der Waals surface area (Å²) in [6.45, 7) is 0. The molecule has 0 bridgehead atoms. The summed E-state index contributed by atoms with van der Waals surface area (Å²) in [7, 11) is 1.54. The van der Waals surface area contributed by atoms with E-state index < -0.39 is 23.9 Å². The number of hydrogen-bond acceptors (Lipinski definition) is 7. The van der Waals surface area contributed by atoms with Crippen molar-refractivity contribution in [1.82, 2.24) is 15.2 Å². The second-order valence-electron chi connectivity index (χ2n) is 7.58. The number of nitrogens with zero attached hydrogens (tertiary/aromatic N) is 2. The van der Waals surface area contributed by atoms with Crippen LogP contribution in [0.5, 0.6) is 5.75 Å². The number of pyridine rings is 1. The van der Waals surface area contributed by atoms with E-state index in [9.17, 15) is 18.4 Å². The third kappa shape index (κ3) is 4.18. The Morgan fingerprint density at radius 1 is 1.19 bits per heavy atom. The first kappa shape index (κ1) is 23.2. The molecule has 9 nitrogen and oxygen atoms in total. The van der Waals surface area contributed by atoms with Gasteiger partial charge in [0.05, 0.1) is 24.8 Å². The molecule has 0 aliphatic carbocycles. The molecule has 4 heterocycles. The van der Waals surface area contributed by atoms with Crippen molar-refractivity contribution in [2.24, 2.45) is 5.73 Å². The Morgan fingerprint density at radius 2 is 2.03 bits per heavy atom. The number of benzene rings is 1. The molecule has 1 aromatic carbocycles. The van der Waals surface area contributed by atoms with E-state index in [1.54, 1.807) is 43.5 Å². The van der Waals surface area contributed by atoms with Gasteiger partial charge in [-0.15, -0.1) is 11.3 Å². The van der Waals surface area contributed by atoms with E-state index in [0.29, 0.717) is 17.0 Å². The molecule has 5 rings (SSSR count). The van der Waals surface area contributed by atoms with Crippen LogP contribution in [0.1, 0.15) is 32.3 Å². The van der Waals surface area contributed by atoms with E-state index in [1.807, 2.05) is 0 Å². The number of aromatic nitrogens is 3. The van der Waals surface area contributed by atoms with E-state index in [4.69, 9.17) is 14.9 Å². The number of H-pyrrole nitrogens is 1. The summed E-state index contributed by atoms with van der Waals surface area (Å²) in [5.41, 5.74) is 6.64. The molecule has 0 aliphatic rings. The highest BCUT2D eigenvalue weighted by Gasteiger charge is 2.26. The van der Waals surface area contributed by atoms with Crippen LogP contribution in [0.25, 0.3) is 32.8 Å². The third-order valence-electron chi connectivity index (χ3n) is 5.34. The van der Waals surface area contributed by atoms with Crippen molar-refractivity contribution >= 4 is 39.1 Å². The van der Waals surface area contributed by atoms with E-state index in [-0.39, 0.29) is 37.8 Å². The van der Waals surface area contributed by atoms with Crippen LogP contribution >= 0.6 is 11.3 Å². The standard InChI is InChI=1S/C24H17F2N5O4S/c1-34-12-5-2-4-11(8-12)14-10-16(31-30-14)23(33)29-19-18-13(17-6-3-7-35-17)9-15(21(25)26)28-24(18)36-20(19)22(27)32/h2-10,21H,1H3,(H2,27,32)(H,29,33)(H,30,31). The zero-order valence-electron chi connectivity index (χ0n) is 18.5. The quantitative estimate of drug-likeness (QED) is 0.274. The maximum atomic E-state index is 13.5. The first-order chi connectivity index (χ1) is 17.4. The second kappa shape index (κ2) is 9.23. The molecular formula is C24H17F2N5O4S. The number of furan rings is 1. The summed E-state index contributed by atoms with van der Waals surface area (Å²) in [6.07, 6.45) is -1.48. The van der Waals surface area contributed by atoms with Gasteiger partial charge in [-0.25, -0.2) is 13.8 Å². The molecule has 0 radical (unpaired) electrons. The number of thiophene rings is 1. The van der Waals surface area contributed by atoms with Gasteiger partial charge in [0.2, 0.25) is 0 Å². The molecule has 2 amide bonds. The molecule has 36 heavy (non-hydrogen) atoms. The maximum absolute atomic E-state index is 13.5. The number of nitrogens with two attached hydrogens (primary N) is 1. The molecule has 0 aliphatic heterocycles. The lowest BCUT2D eigenvalue weighted by molar-refractivity contribution is 0.100. The molecule has 5 aromatic rings. The molecule has 0 saturated carbocycles. The van der Waals surface area contributed by atoms with Crippen molar-refractivity contribution in [2.75, 3.05) is 12.4 Å². The normalized spacial score (nSPS) is 11.2. The highest BCUT2D eigenvalue weighted by atomic mass is 32.1. The summed E-state index contributed by atoms with van der Waals surface area (Å²) in [6, 6.07) is 13.0. The Balaban J connectivity index is 1.58. The van der Waals surface area contributed by atoms with Crippen LogP contribution in [-0.4, -0.2) is 34.1 Å². The van der Waals surface area contributed by atoms with E-state index in [0.717, 1.165) is 17.4 Å². The molecule has 0 saturated heterocycles. The molecule has 0 atom stereocenters. The number of primary amides is 1. The highest BCUT2D eigenvalue weighted by Crippen LogP contribution is 2.42. The number of nitrogens with one attached hydrogen (secondary N) is 2. The monoisotopic (exact) mass is 509 g/mol. The van der Waals surface area contributed by atoms with Gasteiger partial charge in [0, 0.05) is 16.5 Å². The Labute approximate surface area is 205 Å². The topological polar surface area (TPSA) is 136 Å². The van der Waals surface area contributed by atoms with E-state index in [2.05, 4.69) is 20.5 Å². The van der Waals surface area contributed by atoms with Gasteiger partial charge in [-0.05, 0) is 36.4 Å². The predicted octanol–water partition coefficient (Wildman–Crippen LogP) is 5.24. The first-order valence-electron chi connectivity index (χ1n) is 10.5. The molecular weight excluding hydrogens is 492 g/mol. The zero-order valence-corrected chi connectivity index (χ0v) is 19.4. The number of aromatic amines is 1. The van der Waals surface area contributed by atoms with Gasteiger partial charge in [-0.3, -0.25) is 14.7 Å². The minimum Gasteiger partial charge on any atom is -0.497 e. The number of anilines is 1. The van der Waals surface area contributed by atoms with Gasteiger partial charge in [0.25, 0.3) is 18.2 Å². The van der Waals surface area contributed by atoms with Gasteiger partial charge in [0.15, 0.2) is 0 Å². The Kier molecular flexibility index (Phi) is 5.94. The van der Waals surface area contributed by atoms with Gasteiger partial charge in [-0.1, -0.05) is 12.1 Å². The minimum atomic E-state index is -2.86. The molecule has 182 valence electrons. The first-order valence-corrected chi connectivity index (χ1v) is 11.3. The van der Waals surface area contributed by atoms with Crippen molar-refractivity contribution in [3.63, 3.8) is 0 Å². The minimum absolute atomic E-state index is 0.0439. The molecule has 0 spiro atoms. The third-order valence-corrected chi connectivity index (χ3v) is 6.44. The van der Waals surface area contributed by atoms with E-state index >= 15 is 0 Å². The number of amides is 2. The fraction of sp³-hybridized carbons (Fsp3) is 0.0833. The molecule has 4 aromatic heterocycles. The Hall–Kier alpha value is -4.58. The van der Waals surface area contributed by atoms with Gasteiger partial charge in [0.1, 0.15) is 32.6 Å². The largest absolute Gasteiger partial charge is 0.497 e. The number of halogens is 2. The maximum Gasteiger partial charge on any atom is 0.280 e. The summed E-state index contributed by atoms with van der Waals surface area (Å²) in [4.78, 5) is 29.4. The molecule has 4 N–H and O–H groups in total. The highest BCUT2D eigenvalue weighted by molar-refractivity contribution is 7.21. The van der Waals surface area contributed by atoms with Crippen LogP contribution in [0, 0.1) is 0 Å². The lowest BCUT2D eigenvalue weighted by Gasteiger charge is -2.09. The Bertz CT molecular complexity index is 1590. The summed E-state index contributed by atoms with van der Waals surface area (Å²) >= 11 is 0.803. The number of alkyl halides is 2. The van der Waals surface area contributed by atoms with Crippen LogP contribution in [0.15, 0.2) is 59.2 Å². The number of rotatable bonds is 7. The van der Waals surface area contributed by atoms with Crippen molar-refractivity contribution in [1.29, 1.82) is 0 Å². The van der Waals surface area contributed by atoms with Gasteiger partial charge in [-0.2, -0.15) is 5.10 Å². The van der Waals surface area contributed by atoms with Gasteiger partial charge >= 0.3 is 0 Å². The van der Waals surface area contributed by atoms with Crippen LogP contribution < -0.4 is 15.8 Å². The molecule has 0 unspecified atom stereocenters. The van der Waals surface area contributed by atoms with Crippen LogP contribution in [0.3, 0.4) is 0 Å². The van der Waals surface area contributed by atoms with E-state index in [1.165, 1.54) is 12.3 Å². The smallest absolute Gasteiger partial charge is 0.280 e. The number of carbonyl (C=O) groups is 2. The SMILES string of the molecule is COc1cccc(-c2cc(C(=O)Nc3c(C(N)=O)sc4nc(C(F)F)cc(-c5ccco5)c34)[nH]n2)c1. The molecule has 0 fully saturated rings. The fourth-order valence-electron chi connectivity index (χ4n) is 3.70. The second-order valence-corrected chi connectivity index (χ2v) is 8.58. The summed E-state index contributed by atoms with van der Waals surface area (Å²) in [5, 5.41) is 9.78. The number of fused-ring (bicyclic) bond motifs is 1. The number of ether oxygens (including phenoxy) is 1. The lowest BCUT2D eigenvalue weighted by atomic mass is 10.1. The van der Waals surface area contributed by atoms with Crippen molar-refractivity contribution in [3.05, 3.63) is 71.1 Å². The fourth-order valence-corrected chi connectivity index (χ4v) is 4.71. The predicted molar refractivity (Wildman–Crippen MR) is 129 cm³/mol. The average Bonchev–Trinajstić information content (AvgIpc) is 3.63. The Morgan fingerprint density at radius 3 is 2.72 bits per heavy atom. The number of hydrogen-bond donors (Lipinski definition) is 3. The van der Waals surface area contributed by atoms with Crippen LogP contribution in [0.4, 0.5) is 14.5 Å². The number of carbonyl (C=O) groups excluding carboxylic acids is 2. The molecule has 12 heteroatoms. The van der Waals surface area contributed by atoms with Crippen molar-refractivity contribution in [2.45, 2.75) is 6.43 Å². The number of methoxy groups -OCH3 is 1. The van der Waals surface area contributed by atoms with Crippen molar-refractivity contribution in [3.8, 4) is 28.3 Å². The van der Waals surface area contributed by atoms with Crippen molar-refractivity contribution < 1.29 is 27.5 Å². The van der Waals surface area contributed by atoms with Crippen LogP contribution in [-0.2, 0) is 0 Å². The average molecular weight is 509 g/mol. The van der Waals surface area contributed by atoms with Gasteiger partial charge < -0.3 is 20.2 Å². The zero-order chi connectivity index (χ0) is 25.4. The summed E-state index contributed by atoms with van der Waals surface area (Å²) < 4.78 is 37.7.